The highest BCUT2D eigenvalue weighted by atomic mass is 15.0. The summed E-state index contributed by atoms with van der Waals surface area (Å²) in [6, 6.07) is 66.2. The predicted octanol–water partition coefficient (Wildman–Crippen LogP) is 12.3. The number of benzene rings is 7. The van der Waals surface area contributed by atoms with Crippen LogP contribution in [0.3, 0.4) is 0 Å². The zero-order valence-electron chi connectivity index (χ0n) is 28.4. The van der Waals surface area contributed by atoms with Crippen molar-refractivity contribution in [1.29, 1.82) is 0 Å². The van der Waals surface area contributed by atoms with E-state index >= 15 is 0 Å². The summed E-state index contributed by atoms with van der Waals surface area (Å²) in [5.74, 6) is 0. The summed E-state index contributed by atoms with van der Waals surface area (Å²) in [6.07, 6.45) is 0. The van der Waals surface area contributed by atoms with Crippen LogP contribution in [-0.4, -0.2) is 9.55 Å². The second-order valence-corrected chi connectivity index (χ2v) is 14.0. The molecule has 7 aromatic carbocycles. The van der Waals surface area contributed by atoms with Crippen molar-refractivity contribution in [2.24, 2.45) is 0 Å². The number of para-hydroxylation sites is 3. The molecule has 11 rings (SSSR count). The number of rotatable bonds is 3. The van der Waals surface area contributed by atoms with E-state index in [1.807, 2.05) is 0 Å². The standard InChI is InChI=1S/C50H32N2/c1-32-37-19-8-10-22-41(37)50(42-23-11-13-26-48(42)52-47-25-12-9-20-39(47)40-21-14-24-43(50)49(40)52)44-29-35(27-28-38(32)44)46-31-36(33-15-4-2-5-16-33)30-45(51-46)34-17-6-3-7-18-34/h2-31H,1H2. The first-order chi connectivity index (χ1) is 25.7. The van der Waals surface area contributed by atoms with Gasteiger partial charge < -0.3 is 4.57 Å². The van der Waals surface area contributed by atoms with Gasteiger partial charge in [0.1, 0.15) is 0 Å². The summed E-state index contributed by atoms with van der Waals surface area (Å²) in [5, 5.41) is 2.54. The van der Waals surface area contributed by atoms with Gasteiger partial charge in [-0.15, -0.1) is 0 Å². The number of fused-ring (bicyclic) bond motifs is 11. The molecule has 1 aliphatic heterocycles. The van der Waals surface area contributed by atoms with Crippen LogP contribution in [0.5, 0.6) is 0 Å². The zero-order chi connectivity index (χ0) is 34.4. The Kier molecular flexibility index (Phi) is 6.06. The third-order valence-electron chi connectivity index (χ3n) is 11.4. The lowest BCUT2D eigenvalue weighted by molar-refractivity contribution is 0.716. The Labute approximate surface area is 302 Å². The Morgan fingerprint density at radius 3 is 1.87 bits per heavy atom. The minimum absolute atomic E-state index is 0.594. The van der Waals surface area contributed by atoms with Crippen molar-refractivity contribution >= 4 is 27.4 Å². The van der Waals surface area contributed by atoms with E-state index in [-0.39, 0.29) is 0 Å². The van der Waals surface area contributed by atoms with Crippen LogP contribution < -0.4 is 0 Å². The van der Waals surface area contributed by atoms with Crippen molar-refractivity contribution in [3.63, 3.8) is 0 Å². The van der Waals surface area contributed by atoms with E-state index in [1.165, 1.54) is 66.4 Å². The van der Waals surface area contributed by atoms with E-state index in [0.29, 0.717) is 0 Å². The summed E-state index contributed by atoms with van der Waals surface area (Å²) in [7, 11) is 0. The molecule has 0 saturated carbocycles. The number of aromatic nitrogens is 2. The average molecular weight is 661 g/mol. The van der Waals surface area contributed by atoms with Gasteiger partial charge in [0, 0.05) is 21.9 Å². The molecular weight excluding hydrogens is 629 g/mol. The van der Waals surface area contributed by atoms with Gasteiger partial charge in [-0.3, -0.25) is 0 Å². The lowest BCUT2D eigenvalue weighted by atomic mass is 9.57. The summed E-state index contributed by atoms with van der Waals surface area (Å²) >= 11 is 0. The van der Waals surface area contributed by atoms with Crippen molar-refractivity contribution in [3.05, 3.63) is 222 Å². The number of pyridine rings is 1. The van der Waals surface area contributed by atoms with E-state index in [9.17, 15) is 0 Å². The molecule has 0 amide bonds. The maximum atomic E-state index is 5.37. The molecule has 1 atom stereocenters. The third kappa shape index (κ3) is 3.87. The van der Waals surface area contributed by atoms with Crippen molar-refractivity contribution in [2.45, 2.75) is 5.41 Å². The topological polar surface area (TPSA) is 17.8 Å². The predicted molar refractivity (Wildman–Crippen MR) is 215 cm³/mol. The quantitative estimate of drug-likeness (QED) is 0.184. The first kappa shape index (κ1) is 29.0. The van der Waals surface area contributed by atoms with Crippen LogP contribution >= 0.6 is 0 Å². The lowest BCUT2D eigenvalue weighted by Gasteiger charge is -2.46. The number of nitrogens with zero attached hydrogens (tertiary/aromatic N) is 2. The minimum Gasteiger partial charge on any atom is -0.309 e. The van der Waals surface area contributed by atoms with Gasteiger partial charge in [-0.05, 0) is 80.4 Å². The molecule has 2 nitrogen and oxygen atoms in total. The SMILES string of the molecule is C=C1c2ccccc2C2(c3cc(-c4cc(-c5ccccc5)cc(-c5ccccc5)n4)ccc31)c1ccccc1-n1c3ccccc3c3cccc2c31. The van der Waals surface area contributed by atoms with Gasteiger partial charge in [-0.1, -0.05) is 158 Å². The zero-order valence-corrected chi connectivity index (χ0v) is 28.4. The average Bonchev–Trinajstić information content (AvgIpc) is 3.56. The summed E-state index contributed by atoms with van der Waals surface area (Å²) < 4.78 is 2.49. The Morgan fingerprint density at radius 2 is 1.04 bits per heavy atom. The van der Waals surface area contributed by atoms with Crippen molar-refractivity contribution in [3.8, 4) is 39.3 Å². The highest BCUT2D eigenvalue weighted by Gasteiger charge is 2.49. The molecule has 0 bridgehead atoms. The van der Waals surface area contributed by atoms with Crippen molar-refractivity contribution < 1.29 is 0 Å². The van der Waals surface area contributed by atoms with Crippen LogP contribution in [0.4, 0.5) is 0 Å². The fourth-order valence-corrected chi connectivity index (χ4v) is 9.16. The molecule has 0 fully saturated rings. The van der Waals surface area contributed by atoms with Gasteiger partial charge in [-0.25, -0.2) is 4.98 Å². The van der Waals surface area contributed by atoms with Gasteiger partial charge in [0.25, 0.3) is 0 Å². The highest BCUT2D eigenvalue weighted by molar-refractivity contribution is 6.12. The molecule has 242 valence electrons. The summed E-state index contributed by atoms with van der Waals surface area (Å²) in [4.78, 5) is 5.37. The van der Waals surface area contributed by atoms with Crippen LogP contribution in [0.15, 0.2) is 189 Å². The summed E-state index contributed by atoms with van der Waals surface area (Å²) in [5.41, 5.74) is 17.9. The van der Waals surface area contributed by atoms with Crippen molar-refractivity contribution in [2.75, 3.05) is 0 Å². The van der Waals surface area contributed by atoms with E-state index in [0.717, 1.165) is 33.7 Å². The second kappa shape index (κ2) is 10.9. The first-order valence-corrected chi connectivity index (χ1v) is 17.9. The molecule has 52 heavy (non-hydrogen) atoms. The molecule has 9 aromatic rings. The minimum atomic E-state index is -0.594. The molecule has 3 heterocycles. The van der Waals surface area contributed by atoms with Crippen LogP contribution in [0, 0.1) is 0 Å². The fraction of sp³-hybridized carbons (Fsp3) is 0.0200. The van der Waals surface area contributed by atoms with Crippen LogP contribution in [0.25, 0.3) is 66.7 Å². The third-order valence-corrected chi connectivity index (χ3v) is 11.4. The lowest BCUT2D eigenvalue weighted by Crippen LogP contribution is -2.39. The molecule has 0 radical (unpaired) electrons. The molecule has 0 N–H and O–H groups in total. The number of hydrogen-bond acceptors (Lipinski definition) is 1. The molecule has 2 aromatic heterocycles. The molecule has 1 spiro atoms. The van der Waals surface area contributed by atoms with E-state index in [1.54, 1.807) is 0 Å². The number of hydrogen-bond donors (Lipinski definition) is 0. The Hall–Kier alpha value is -6.77. The van der Waals surface area contributed by atoms with Gasteiger partial charge in [0.15, 0.2) is 0 Å². The molecular formula is C50H32N2. The van der Waals surface area contributed by atoms with Gasteiger partial charge >= 0.3 is 0 Å². The highest BCUT2D eigenvalue weighted by Crippen LogP contribution is 2.59. The molecule has 2 aliphatic rings. The van der Waals surface area contributed by atoms with E-state index in [4.69, 9.17) is 11.6 Å². The maximum Gasteiger partial charge on any atom is 0.0754 e. The van der Waals surface area contributed by atoms with Gasteiger partial charge in [0.05, 0.1) is 33.5 Å². The Balaban J connectivity index is 1.26. The van der Waals surface area contributed by atoms with E-state index < -0.39 is 5.41 Å². The molecule has 1 unspecified atom stereocenters. The Bertz CT molecular complexity index is 2860. The van der Waals surface area contributed by atoms with Crippen LogP contribution in [-0.2, 0) is 5.41 Å². The second-order valence-electron chi connectivity index (χ2n) is 14.0. The van der Waals surface area contributed by atoms with Crippen LogP contribution in [0.2, 0.25) is 0 Å². The normalized spacial score (nSPS) is 15.4. The Morgan fingerprint density at radius 1 is 0.423 bits per heavy atom. The van der Waals surface area contributed by atoms with Crippen molar-refractivity contribution in [1.82, 2.24) is 9.55 Å². The fourth-order valence-electron chi connectivity index (χ4n) is 9.16. The maximum absolute atomic E-state index is 5.37. The molecule has 0 saturated heterocycles. The van der Waals surface area contributed by atoms with Gasteiger partial charge in [-0.2, -0.15) is 0 Å². The summed E-state index contributed by atoms with van der Waals surface area (Å²) in [6.45, 7) is 4.75. The van der Waals surface area contributed by atoms with E-state index in [2.05, 4.69) is 187 Å². The smallest absolute Gasteiger partial charge is 0.0754 e. The molecule has 2 heteroatoms. The van der Waals surface area contributed by atoms with Crippen LogP contribution in [0.1, 0.15) is 33.4 Å². The van der Waals surface area contributed by atoms with Gasteiger partial charge in [0.2, 0.25) is 0 Å². The monoisotopic (exact) mass is 660 g/mol. The first-order valence-electron chi connectivity index (χ1n) is 17.9. The molecule has 1 aliphatic carbocycles. The largest absolute Gasteiger partial charge is 0.309 e.